The van der Waals surface area contributed by atoms with E-state index >= 15 is 0 Å². The molecular weight excluding hydrogens is 227 g/mol. The molecule has 0 radical (unpaired) electrons. The van der Waals surface area contributed by atoms with E-state index in [1.54, 1.807) is 18.2 Å². The third-order valence-corrected chi connectivity index (χ3v) is 3.70. The second-order valence-electron chi connectivity index (χ2n) is 4.98. The lowest BCUT2D eigenvalue weighted by Crippen LogP contribution is -2.27. The number of nitrogens with zero attached hydrogens (tertiary/aromatic N) is 1. The molecule has 0 heterocycles. The molecule has 0 spiro atoms. The molecule has 1 saturated carbocycles. The van der Waals surface area contributed by atoms with Crippen LogP contribution >= 0.6 is 0 Å². The van der Waals surface area contributed by atoms with E-state index in [0.29, 0.717) is 11.6 Å². The molecule has 1 atom stereocenters. The minimum Gasteiger partial charge on any atom is -0.367 e. The standard InChI is InChI=1S/C15H19FN2/c16-13-9-5-6-10-14(13)18-15(11-17)12-7-3-1-2-4-8-12/h5-6,9-10,12,15,18H,1-4,7-8H2. The Kier molecular flexibility index (Phi) is 4.58. The van der Waals surface area contributed by atoms with Gasteiger partial charge in [0.05, 0.1) is 11.8 Å². The first-order valence-corrected chi connectivity index (χ1v) is 6.72. The average Bonchev–Trinajstić information content (AvgIpc) is 2.67. The minimum atomic E-state index is -0.286. The Hall–Kier alpha value is -1.56. The summed E-state index contributed by atoms with van der Waals surface area (Å²) in [7, 11) is 0. The van der Waals surface area contributed by atoms with Crippen LogP contribution in [0.5, 0.6) is 0 Å². The predicted octanol–water partition coefficient (Wildman–Crippen LogP) is 4.10. The number of anilines is 1. The minimum absolute atomic E-state index is 0.278. The highest BCUT2D eigenvalue weighted by Crippen LogP contribution is 2.27. The Balaban J connectivity index is 2.05. The van der Waals surface area contributed by atoms with E-state index in [1.807, 2.05) is 0 Å². The maximum Gasteiger partial charge on any atom is 0.146 e. The van der Waals surface area contributed by atoms with Crippen LogP contribution in [0.2, 0.25) is 0 Å². The van der Waals surface area contributed by atoms with Crippen LogP contribution in [-0.2, 0) is 0 Å². The summed E-state index contributed by atoms with van der Waals surface area (Å²) in [5.74, 6) is 0.0588. The van der Waals surface area contributed by atoms with Gasteiger partial charge in [0, 0.05) is 0 Å². The van der Waals surface area contributed by atoms with E-state index < -0.39 is 0 Å². The van der Waals surface area contributed by atoms with Crippen molar-refractivity contribution in [2.75, 3.05) is 5.32 Å². The van der Waals surface area contributed by atoms with Crippen LogP contribution in [0.4, 0.5) is 10.1 Å². The second-order valence-corrected chi connectivity index (χ2v) is 4.98. The van der Waals surface area contributed by atoms with Crippen molar-refractivity contribution < 1.29 is 4.39 Å². The molecule has 0 aliphatic heterocycles. The smallest absolute Gasteiger partial charge is 0.146 e. The van der Waals surface area contributed by atoms with Crippen molar-refractivity contribution in [3.63, 3.8) is 0 Å². The van der Waals surface area contributed by atoms with Gasteiger partial charge < -0.3 is 5.32 Å². The van der Waals surface area contributed by atoms with E-state index in [1.165, 1.54) is 31.7 Å². The lowest BCUT2D eigenvalue weighted by molar-refractivity contribution is 0.438. The third kappa shape index (κ3) is 3.22. The van der Waals surface area contributed by atoms with Gasteiger partial charge in [-0.2, -0.15) is 5.26 Å². The van der Waals surface area contributed by atoms with Gasteiger partial charge in [0.15, 0.2) is 0 Å². The van der Waals surface area contributed by atoms with Crippen molar-refractivity contribution in [3.8, 4) is 6.07 Å². The number of hydrogen-bond acceptors (Lipinski definition) is 2. The van der Waals surface area contributed by atoms with Crippen molar-refractivity contribution in [3.05, 3.63) is 30.1 Å². The molecule has 1 N–H and O–H groups in total. The van der Waals surface area contributed by atoms with Crippen molar-refractivity contribution >= 4 is 5.69 Å². The van der Waals surface area contributed by atoms with Gasteiger partial charge in [0.1, 0.15) is 11.9 Å². The Morgan fingerprint density at radius 1 is 1.17 bits per heavy atom. The molecule has 1 fully saturated rings. The normalized spacial score (nSPS) is 18.7. The van der Waals surface area contributed by atoms with Crippen LogP contribution in [0, 0.1) is 23.1 Å². The molecule has 0 bridgehead atoms. The molecule has 3 heteroatoms. The lowest BCUT2D eigenvalue weighted by Gasteiger charge is -2.22. The fraction of sp³-hybridized carbons (Fsp3) is 0.533. The third-order valence-electron chi connectivity index (χ3n) is 3.70. The topological polar surface area (TPSA) is 35.8 Å². The molecule has 0 aromatic heterocycles. The maximum absolute atomic E-state index is 13.6. The van der Waals surface area contributed by atoms with Crippen molar-refractivity contribution in [2.45, 2.75) is 44.6 Å². The van der Waals surface area contributed by atoms with Crippen LogP contribution < -0.4 is 5.32 Å². The van der Waals surface area contributed by atoms with Crippen molar-refractivity contribution in [1.29, 1.82) is 5.26 Å². The molecule has 1 unspecified atom stereocenters. The molecule has 0 amide bonds. The monoisotopic (exact) mass is 246 g/mol. The van der Waals surface area contributed by atoms with Crippen molar-refractivity contribution in [1.82, 2.24) is 0 Å². The largest absolute Gasteiger partial charge is 0.367 e. The van der Waals surface area contributed by atoms with Crippen LogP contribution in [0.1, 0.15) is 38.5 Å². The first kappa shape index (κ1) is 12.9. The average molecular weight is 246 g/mol. The van der Waals surface area contributed by atoms with Gasteiger partial charge in [-0.3, -0.25) is 0 Å². The van der Waals surface area contributed by atoms with E-state index in [4.69, 9.17) is 0 Å². The van der Waals surface area contributed by atoms with Gasteiger partial charge in [-0.1, -0.05) is 37.8 Å². The molecule has 96 valence electrons. The summed E-state index contributed by atoms with van der Waals surface area (Å²) in [4.78, 5) is 0. The molecule has 1 aromatic carbocycles. The highest BCUT2D eigenvalue weighted by molar-refractivity contribution is 5.46. The van der Waals surface area contributed by atoms with Crippen LogP contribution in [0.25, 0.3) is 0 Å². The molecule has 0 saturated heterocycles. The molecule has 2 nitrogen and oxygen atoms in total. The van der Waals surface area contributed by atoms with E-state index in [0.717, 1.165) is 12.8 Å². The van der Waals surface area contributed by atoms with Crippen LogP contribution in [0.3, 0.4) is 0 Å². The number of para-hydroxylation sites is 1. The van der Waals surface area contributed by atoms with Gasteiger partial charge in [-0.05, 0) is 30.9 Å². The highest BCUT2D eigenvalue weighted by atomic mass is 19.1. The molecule has 1 aliphatic carbocycles. The van der Waals surface area contributed by atoms with E-state index in [9.17, 15) is 9.65 Å². The van der Waals surface area contributed by atoms with Crippen LogP contribution in [-0.4, -0.2) is 6.04 Å². The summed E-state index contributed by atoms with van der Waals surface area (Å²) in [6.07, 6.45) is 7.02. The molecular formula is C15H19FN2. The summed E-state index contributed by atoms with van der Waals surface area (Å²) in [6.45, 7) is 0. The zero-order chi connectivity index (χ0) is 12.8. The fourth-order valence-corrected chi connectivity index (χ4v) is 2.65. The quantitative estimate of drug-likeness (QED) is 0.815. The number of nitriles is 1. The first-order chi connectivity index (χ1) is 8.81. The SMILES string of the molecule is N#CC(Nc1ccccc1F)C1CCCCCC1. The number of benzene rings is 1. The van der Waals surface area contributed by atoms with Gasteiger partial charge in [-0.25, -0.2) is 4.39 Å². The zero-order valence-corrected chi connectivity index (χ0v) is 10.5. The first-order valence-electron chi connectivity index (χ1n) is 6.72. The van der Waals surface area contributed by atoms with Crippen molar-refractivity contribution in [2.24, 2.45) is 5.92 Å². The number of hydrogen-bond donors (Lipinski definition) is 1. The van der Waals surface area contributed by atoms with Gasteiger partial charge in [-0.15, -0.1) is 0 Å². The van der Waals surface area contributed by atoms with E-state index in [-0.39, 0.29) is 11.9 Å². The summed E-state index contributed by atoms with van der Waals surface area (Å²) < 4.78 is 13.6. The Labute approximate surface area is 108 Å². The Morgan fingerprint density at radius 3 is 2.44 bits per heavy atom. The molecule has 18 heavy (non-hydrogen) atoms. The molecule has 2 rings (SSSR count). The van der Waals surface area contributed by atoms with Crippen LogP contribution in [0.15, 0.2) is 24.3 Å². The summed E-state index contributed by atoms with van der Waals surface area (Å²) in [5, 5.41) is 12.3. The number of nitrogens with one attached hydrogen (secondary N) is 1. The van der Waals surface area contributed by atoms with E-state index in [2.05, 4.69) is 11.4 Å². The van der Waals surface area contributed by atoms with Gasteiger partial charge in [0.25, 0.3) is 0 Å². The maximum atomic E-state index is 13.6. The van der Waals surface area contributed by atoms with Gasteiger partial charge >= 0.3 is 0 Å². The number of halogens is 1. The summed E-state index contributed by atoms with van der Waals surface area (Å²) in [5.41, 5.74) is 0.438. The lowest BCUT2D eigenvalue weighted by atomic mass is 9.92. The predicted molar refractivity (Wildman–Crippen MR) is 70.6 cm³/mol. The summed E-state index contributed by atoms with van der Waals surface area (Å²) in [6, 6.07) is 8.58. The fourth-order valence-electron chi connectivity index (χ4n) is 2.65. The Bertz CT molecular complexity index is 417. The zero-order valence-electron chi connectivity index (χ0n) is 10.5. The molecule has 1 aliphatic rings. The highest BCUT2D eigenvalue weighted by Gasteiger charge is 2.23. The number of rotatable bonds is 3. The second kappa shape index (κ2) is 6.39. The summed E-state index contributed by atoms with van der Waals surface area (Å²) >= 11 is 0. The Morgan fingerprint density at radius 2 is 1.83 bits per heavy atom. The molecule has 1 aromatic rings. The van der Waals surface area contributed by atoms with Gasteiger partial charge in [0.2, 0.25) is 0 Å².